The van der Waals surface area contributed by atoms with E-state index in [-0.39, 0.29) is 41.6 Å². The van der Waals surface area contributed by atoms with E-state index in [2.05, 4.69) is 26.6 Å². The number of nitrogens with one attached hydrogen (secondary N) is 5. The molecule has 11 rings (SSSR count). The number of benzene rings is 8. The summed E-state index contributed by atoms with van der Waals surface area (Å²) in [7, 11) is 3.07. The number of hydrogen-bond donors (Lipinski definition) is 8. The van der Waals surface area contributed by atoms with Gasteiger partial charge in [-0.15, -0.1) is 0 Å². The topological polar surface area (TPSA) is 261 Å². The van der Waals surface area contributed by atoms with Crippen LogP contribution >= 0.6 is 0 Å². The third-order valence-electron chi connectivity index (χ3n) is 16.9. The van der Waals surface area contributed by atoms with Gasteiger partial charge in [-0.3, -0.25) is 9.69 Å². The Morgan fingerprint density at radius 2 is 0.730 bits per heavy atom. The molecule has 0 bridgehead atoms. The number of aliphatic hydroxyl groups excluding tert-OH is 2. The van der Waals surface area contributed by atoms with Crippen molar-refractivity contribution in [2.75, 3.05) is 34.0 Å². The smallest absolute Gasteiger partial charge is 0.416 e. The first-order valence-corrected chi connectivity index (χ1v) is 32.1. The molecule has 0 saturated carbocycles. The Bertz CT molecular complexity index is 4340. The minimum atomic E-state index is -5.02. The Morgan fingerprint density at radius 3 is 1.02 bits per heavy atom. The van der Waals surface area contributed by atoms with Crippen molar-refractivity contribution >= 4 is 35.6 Å². The molecule has 37 heteroatoms. The van der Waals surface area contributed by atoms with E-state index in [1.807, 2.05) is 0 Å². The van der Waals surface area contributed by atoms with Gasteiger partial charge in [0.05, 0.1) is 93.8 Å². The molecule has 0 spiro atoms. The van der Waals surface area contributed by atoms with Gasteiger partial charge >= 0.3 is 55.2 Å². The first-order chi connectivity index (χ1) is 51.9. The zero-order valence-corrected chi connectivity index (χ0v) is 57.4. The molecule has 7 amide bonds. The fraction of sp³-hybridized carbons (Fsp3) is 0.270. The maximum absolute atomic E-state index is 13.6. The maximum Gasteiger partial charge on any atom is 0.416 e. The first-order valence-electron chi connectivity index (χ1n) is 32.1. The number of nitrogens with two attached hydrogens (primary N) is 1. The summed E-state index contributed by atoms with van der Waals surface area (Å²) in [6.45, 7) is -3.34. The molecular formula is C74H63F18N7O12. The molecule has 0 aromatic heterocycles. The molecular weight excluding hydrogens is 1520 g/mol. The summed E-state index contributed by atoms with van der Waals surface area (Å²) >= 11 is 0. The van der Waals surface area contributed by atoms with Crippen LogP contribution in [0.4, 0.5) is 93.4 Å². The SMILES string of the molecule is COc1ccc(C(N)=C=O)cc1.COc1ccc(CN2C(=O)N[C@](COCc3cc(C(F)(F)F)cc(C(F)(F)F)c3)(c3ccccc3)C2=O)cc1.O=C1N[C@@H](O)[C@@](COCc2cc(C(F)(F)F)cc(C(F)(F)F)c2)(c2ccccc2)N1.O=C1N[C@H](O)[C@@](COCc2cc(C(F)(F)F)cc(C(F)(F)F)c2)(c2ccccc2)N1. The molecule has 19 nitrogen and oxygen atoms in total. The molecule has 3 heterocycles. The van der Waals surface area contributed by atoms with Crippen LogP contribution in [0.5, 0.6) is 11.5 Å². The summed E-state index contributed by atoms with van der Waals surface area (Å²) in [5, 5.41) is 32.7. The molecule has 3 fully saturated rings. The second-order valence-electron chi connectivity index (χ2n) is 24.6. The van der Waals surface area contributed by atoms with Crippen molar-refractivity contribution in [3.8, 4) is 11.5 Å². The number of carbonyl (C=O) groups excluding carboxylic acids is 5. The van der Waals surface area contributed by atoms with Gasteiger partial charge in [0, 0.05) is 5.56 Å². The highest BCUT2D eigenvalue weighted by Crippen LogP contribution is 2.42. The number of urea groups is 3. The molecule has 8 aromatic carbocycles. The van der Waals surface area contributed by atoms with Crippen LogP contribution < -0.4 is 41.8 Å². The van der Waals surface area contributed by atoms with E-state index in [1.54, 1.807) is 153 Å². The number of amides is 7. The van der Waals surface area contributed by atoms with Crippen molar-refractivity contribution < 1.29 is 137 Å². The second kappa shape index (κ2) is 34.7. The Balaban J connectivity index is 0.000000196. The highest BCUT2D eigenvalue weighted by molar-refractivity contribution is 6.07. The van der Waals surface area contributed by atoms with Crippen LogP contribution in [0.1, 0.15) is 77.9 Å². The van der Waals surface area contributed by atoms with Crippen LogP contribution in [0.25, 0.3) is 5.70 Å². The fourth-order valence-electron chi connectivity index (χ4n) is 11.3. The van der Waals surface area contributed by atoms with Crippen molar-refractivity contribution in [3.05, 3.63) is 272 Å². The molecule has 3 aliphatic rings. The van der Waals surface area contributed by atoms with Crippen molar-refractivity contribution in [1.82, 2.24) is 31.5 Å². The molecule has 0 aliphatic carbocycles. The predicted octanol–water partition coefficient (Wildman–Crippen LogP) is 14.3. The third-order valence-corrected chi connectivity index (χ3v) is 16.9. The van der Waals surface area contributed by atoms with Crippen molar-refractivity contribution in [3.63, 3.8) is 0 Å². The number of methoxy groups -OCH3 is 2. The average Bonchev–Trinajstić information content (AvgIpc) is 1.46. The number of nitrogens with zero attached hydrogens (tertiary/aromatic N) is 1. The normalized spacial score (nSPS) is 19.1. The number of halogens is 18. The quantitative estimate of drug-likeness (QED) is 0.0201. The molecule has 111 heavy (non-hydrogen) atoms. The Labute approximate surface area is 617 Å². The lowest BCUT2D eigenvalue weighted by Crippen LogP contribution is -2.50. The molecule has 5 atom stereocenters. The van der Waals surface area contributed by atoms with Gasteiger partial charge in [0.15, 0.2) is 23.9 Å². The van der Waals surface area contributed by atoms with Crippen LogP contribution in [0.15, 0.2) is 194 Å². The molecule has 3 saturated heterocycles. The average molecular weight is 1580 g/mol. The number of hydrogen-bond acceptors (Lipinski definition) is 13. The maximum atomic E-state index is 13.6. The number of imide groups is 1. The van der Waals surface area contributed by atoms with Gasteiger partial charge in [0.2, 0.25) is 0 Å². The number of rotatable bonds is 20. The Morgan fingerprint density at radius 1 is 0.423 bits per heavy atom. The van der Waals surface area contributed by atoms with Crippen LogP contribution in [-0.2, 0) is 104 Å². The van der Waals surface area contributed by atoms with Gasteiger partial charge in [-0.05, 0) is 130 Å². The van der Waals surface area contributed by atoms with Gasteiger partial charge in [-0.2, -0.15) is 79.0 Å². The van der Waals surface area contributed by atoms with Crippen molar-refractivity contribution in [1.29, 1.82) is 0 Å². The minimum Gasteiger partial charge on any atom is -0.497 e. The molecule has 592 valence electrons. The summed E-state index contributed by atoms with van der Waals surface area (Å²) < 4.78 is 261. The molecule has 3 aliphatic heterocycles. The second-order valence-corrected chi connectivity index (χ2v) is 24.6. The summed E-state index contributed by atoms with van der Waals surface area (Å²) in [5.74, 6) is 2.25. The fourth-order valence-corrected chi connectivity index (χ4v) is 11.3. The van der Waals surface area contributed by atoms with Crippen LogP contribution in [-0.4, -0.2) is 91.6 Å². The van der Waals surface area contributed by atoms with E-state index in [9.17, 15) is 113 Å². The van der Waals surface area contributed by atoms with Gasteiger partial charge in [0.25, 0.3) is 5.91 Å². The van der Waals surface area contributed by atoms with E-state index in [4.69, 9.17) is 29.4 Å². The van der Waals surface area contributed by atoms with Crippen molar-refractivity contribution in [2.45, 2.75) is 92.5 Å². The highest BCUT2D eigenvalue weighted by Gasteiger charge is 2.54. The lowest BCUT2D eigenvalue weighted by Gasteiger charge is -2.31. The lowest BCUT2D eigenvalue weighted by molar-refractivity contribution is -0.144. The first kappa shape index (κ1) is 85.2. The summed E-state index contributed by atoms with van der Waals surface area (Å²) in [5.41, 5.74) is -6.63. The van der Waals surface area contributed by atoms with Crippen molar-refractivity contribution in [2.24, 2.45) is 5.73 Å². The molecule has 8 aromatic rings. The highest BCUT2D eigenvalue weighted by atomic mass is 19.4. The van der Waals surface area contributed by atoms with Gasteiger partial charge in [0.1, 0.15) is 28.3 Å². The number of ether oxygens (including phenoxy) is 5. The molecule has 0 unspecified atom stereocenters. The van der Waals surface area contributed by atoms with Crippen LogP contribution in [0.3, 0.4) is 0 Å². The minimum absolute atomic E-state index is 0.0206. The van der Waals surface area contributed by atoms with E-state index >= 15 is 0 Å². The van der Waals surface area contributed by atoms with Gasteiger partial charge < -0.3 is 66.2 Å². The summed E-state index contributed by atoms with van der Waals surface area (Å²) in [6.07, 6.45) is -32.8. The zero-order chi connectivity index (χ0) is 81.7. The standard InChI is InChI=1S/C27H22F6N2O4.2C19H16F6N2O3.C9H9NO2/c1-38-22-9-7-17(8-10-22)14-35-23(36)25(34-24(35)37,19-5-3-2-4-6-19)16-39-15-18-11-20(26(28,29)30)13-21(12-18)27(31,32)33;2*20-18(21,22)13-6-11(7-14(8-13)19(23,24)25)9-30-10-17(12-4-2-1-3-5-12)15(28)26-16(29)27-17;1-12-8-4-2-7(3-5-8)9(10)6-11/h2-13H,14-16H2,1H3,(H,34,37);2*1-8,15,28H,9-10H2,(H2,26,27,29);2-5H,10H2,1H3/t25-;15-,17+;15-,17-;/m101./s1. The number of carbonyl (C=O) groups is 4. The van der Waals surface area contributed by atoms with Crippen LogP contribution in [0.2, 0.25) is 0 Å². The molecule has 9 N–H and O–H groups in total. The van der Waals surface area contributed by atoms with E-state index in [0.29, 0.717) is 70.0 Å². The van der Waals surface area contributed by atoms with E-state index in [0.717, 1.165) is 10.6 Å². The number of aliphatic hydroxyl groups is 2. The Hall–Kier alpha value is -11.4. The Kier molecular flexibility index (Phi) is 26.6. The predicted molar refractivity (Wildman–Crippen MR) is 356 cm³/mol. The largest absolute Gasteiger partial charge is 0.497 e. The van der Waals surface area contributed by atoms with E-state index in [1.165, 1.54) is 7.11 Å². The summed E-state index contributed by atoms with van der Waals surface area (Å²) in [4.78, 5) is 61.0. The number of alkyl halides is 18. The van der Waals surface area contributed by atoms with Crippen LogP contribution in [0, 0.1) is 0 Å². The van der Waals surface area contributed by atoms with Gasteiger partial charge in [-0.1, -0.05) is 103 Å². The monoisotopic (exact) mass is 1580 g/mol. The summed E-state index contributed by atoms with van der Waals surface area (Å²) in [6, 6.07) is 39.1. The molecule has 0 radical (unpaired) electrons. The van der Waals surface area contributed by atoms with E-state index < -0.39 is 169 Å². The zero-order valence-electron chi connectivity index (χ0n) is 57.4. The van der Waals surface area contributed by atoms with Gasteiger partial charge in [-0.25, -0.2) is 19.2 Å². The lowest BCUT2D eigenvalue weighted by atomic mass is 9.90. The third kappa shape index (κ3) is 21.6.